The molecule has 13 nitrogen and oxygen atoms in total. The molecule has 0 saturated carbocycles. The van der Waals surface area contributed by atoms with E-state index in [0.717, 1.165) is 6.42 Å². The lowest BCUT2D eigenvalue weighted by Gasteiger charge is -1.91. The smallest absolute Gasteiger partial charge is 0.305 e. The summed E-state index contributed by atoms with van der Waals surface area (Å²) in [4.78, 5) is 10.2. The molecule has 0 bridgehead atoms. The molecule has 0 aromatic heterocycles. The fourth-order valence-electron chi connectivity index (χ4n) is 0.306. The molecule has 0 aliphatic heterocycles. The largest absolute Gasteiger partial charge is 0.469 e. The zero-order valence-electron chi connectivity index (χ0n) is 12.5. The van der Waals surface area contributed by atoms with E-state index in [0.29, 0.717) is 6.42 Å². The summed E-state index contributed by atoms with van der Waals surface area (Å²) in [5, 5.41) is 0. The quantitative estimate of drug-likeness (QED) is 0.325. The van der Waals surface area contributed by atoms with Crippen LogP contribution in [0.2, 0.25) is 0 Å². The second-order valence-electron chi connectivity index (χ2n) is 1.33. The van der Waals surface area contributed by atoms with Crippen LogP contribution in [-0.2, 0) is 9.53 Å². The number of methoxy groups -OCH3 is 1. The van der Waals surface area contributed by atoms with Crippen molar-refractivity contribution >= 4 is 5.97 Å². The first kappa shape index (κ1) is 173. The molecule has 0 fully saturated rings. The summed E-state index contributed by atoms with van der Waals surface area (Å²) in [5.41, 5.74) is 0. The Morgan fingerprint density at radius 1 is 0.722 bits per heavy atom. The fourth-order valence-corrected chi connectivity index (χ4v) is 0.306. The number of ether oxygens (including phenoxy) is 1. The molecule has 0 spiro atoms. The summed E-state index contributed by atoms with van der Waals surface area (Å²) in [6.45, 7) is 1.94. The Morgan fingerprint density at radius 2 is 0.944 bits per heavy atom. The summed E-state index contributed by atoms with van der Waals surface area (Å²) in [7, 11) is 1.40. The normalized spacial score (nSPS) is 3.22. The predicted octanol–water partition coefficient (Wildman–Crippen LogP) is 2.74. The average molecular weight is 289 g/mol. The first-order chi connectivity index (χ1) is 3.31. The first-order valence-corrected chi connectivity index (χ1v) is 2.38. The third-order valence-electron chi connectivity index (χ3n) is 0.682. The van der Waals surface area contributed by atoms with Gasteiger partial charge in [-0.1, -0.05) is 6.92 Å². The van der Waals surface area contributed by atoms with Crippen molar-refractivity contribution in [3.63, 3.8) is 0 Å². The Bertz CT molecular complexity index is 76.5. The molecule has 0 rings (SSSR count). The standard InChI is InChI=1S/C5H10O2.11H3N/c1-3-4-5(6)7-2;;;;;;;;;;;/h3-4H2,1-2H3;11*1H3. The molecular formula is C5H43N11O2. The summed E-state index contributed by atoms with van der Waals surface area (Å²) in [5.74, 6) is -0.123. The predicted molar refractivity (Wildman–Crippen MR) is 82.2 cm³/mol. The third-order valence-corrected chi connectivity index (χ3v) is 0.682. The van der Waals surface area contributed by atoms with Gasteiger partial charge in [0.05, 0.1) is 7.11 Å². The van der Waals surface area contributed by atoms with E-state index in [1.165, 1.54) is 7.11 Å². The van der Waals surface area contributed by atoms with E-state index in [-0.39, 0.29) is 73.6 Å². The van der Waals surface area contributed by atoms with Crippen molar-refractivity contribution in [2.45, 2.75) is 19.8 Å². The second-order valence-corrected chi connectivity index (χ2v) is 1.33. The molecule has 0 atom stereocenters. The number of hydrogen-bond acceptors (Lipinski definition) is 13. The van der Waals surface area contributed by atoms with Crippen LogP contribution in [0.4, 0.5) is 0 Å². The van der Waals surface area contributed by atoms with E-state index < -0.39 is 0 Å². The molecule has 18 heavy (non-hydrogen) atoms. The molecule has 0 aromatic rings. The monoisotopic (exact) mass is 289 g/mol. The maximum absolute atomic E-state index is 10.2. The Balaban J connectivity index is -0.00000000327. The Morgan fingerprint density at radius 3 is 1.00 bits per heavy atom. The van der Waals surface area contributed by atoms with Gasteiger partial charge in [-0.25, -0.2) is 0 Å². The molecule has 130 valence electrons. The molecule has 0 heterocycles. The van der Waals surface area contributed by atoms with Crippen molar-refractivity contribution < 1.29 is 9.53 Å². The molecular weight excluding hydrogens is 246 g/mol. The minimum Gasteiger partial charge on any atom is -0.469 e. The number of rotatable bonds is 2. The topological polar surface area (TPSA) is 411 Å². The van der Waals surface area contributed by atoms with Crippen molar-refractivity contribution in [1.82, 2.24) is 67.7 Å². The minimum atomic E-state index is -0.123. The summed E-state index contributed by atoms with van der Waals surface area (Å²) < 4.78 is 4.35. The van der Waals surface area contributed by atoms with Gasteiger partial charge in [0.25, 0.3) is 0 Å². The van der Waals surface area contributed by atoms with Crippen molar-refractivity contribution in [3.05, 3.63) is 0 Å². The van der Waals surface area contributed by atoms with E-state index in [9.17, 15) is 4.79 Å². The summed E-state index contributed by atoms with van der Waals surface area (Å²) in [6.07, 6.45) is 1.41. The lowest BCUT2D eigenvalue weighted by Crippen LogP contribution is -1.97. The van der Waals surface area contributed by atoms with E-state index in [2.05, 4.69) is 4.74 Å². The molecule has 0 radical (unpaired) electrons. The molecule has 0 unspecified atom stereocenters. The number of esters is 1. The van der Waals surface area contributed by atoms with Gasteiger partial charge < -0.3 is 72.4 Å². The molecule has 0 saturated heterocycles. The Hall–Kier alpha value is -0.970. The lowest BCUT2D eigenvalue weighted by molar-refractivity contribution is -0.140. The molecule has 0 amide bonds. The second kappa shape index (κ2) is 143. The van der Waals surface area contributed by atoms with Crippen LogP contribution in [0.25, 0.3) is 0 Å². The van der Waals surface area contributed by atoms with Crippen LogP contribution in [0.5, 0.6) is 0 Å². The maximum Gasteiger partial charge on any atom is 0.305 e. The molecule has 13 heteroatoms. The van der Waals surface area contributed by atoms with Gasteiger partial charge in [-0.2, -0.15) is 0 Å². The molecule has 33 N–H and O–H groups in total. The highest BCUT2D eigenvalue weighted by molar-refractivity contribution is 5.68. The van der Waals surface area contributed by atoms with Crippen molar-refractivity contribution in [2.24, 2.45) is 0 Å². The zero-order valence-corrected chi connectivity index (χ0v) is 12.5. The third kappa shape index (κ3) is 182. The van der Waals surface area contributed by atoms with E-state index in [4.69, 9.17) is 0 Å². The van der Waals surface area contributed by atoms with Gasteiger partial charge in [0.15, 0.2) is 0 Å². The van der Waals surface area contributed by atoms with Crippen LogP contribution in [0.1, 0.15) is 19.8 Å². The van der Waals surface area contributed by atoms with E-state index in [1.54, 1.807) is 0 Å². The highest BCUT2D eigenvalue weighted by Crippen LogP contribution is 1.86. The van der Waals surface area contributed by atoms with Gasteiger partial charge in [0, 0.05) is 6.42 Å². The van der Waals surface area contributed by atoms with Crippen LogP contribution in [-0.4, -0.2) is 13.1 Å². The van der Waals surface area contributed by atoms with Crippen LogP contribution in [0.3, 0.4) is 0 Å². The van der Waals surface area contributed by atoms with Crippen LogP contribution < -0.4 is 67.7 Å². The minimum absolute atomic E-state index is 0. The number of carbonyl (C=O) groups excluding carboxylic acids is 1. The Labute approximate surface area is 111 Å². The maximum atomic E-state index is 10.2. The van der Waals surface area contributed by atoms with Gasteiger partial charge in [-0.15, -0.1) is 0 Å². The van der Waals surface area contributed by atoms with Gasteiger partial charge in [0.1, 0.15) is 0 Å². The zero-order chi connectivity index (χ0) is 5.70. The number of carbonyl (C=O) groups is 1. The van der Waals surface area contributed by atoms with Gasteiger partial charge in [-0.05, 0) is 6.42 Å². The average Bonchev–Trinajstić information content (AvgIpc) is 1.68. The molecule has 0 aromatic carbocycles. The summed E-state index contributed by atoms with van der Waals surface area (Å²) >= 11 is 0. The number of hydrogen-bond donors (Lipinski definition) is 11. The lowest BCUT2D eigenvalue weighted by atomic mass is 10.3. The molecule has 0 aliphatic carbocycles. The van der Waals surface area contributed by atoms with Crippen LogP contribution in [0, 0.1) is 0 Å². The van der Waals surface area contributed by atoms with Crippen molar-refractivity contribution in [3.8, 4) is 0 Å². The highest BCUT2D eigenvalue weighted by atomic mass is 16.5. The highest BCUT2D eigenvalue weighted by Gasteiger charge is 1.92. The SMILES string of the molecule is CCCC(=O)OC.N.N.N.N.N.N.N.N.N.N.N. The van der Waals surface area contributed by atoms with Gasteiger partial charge >= 0.3 is 5.97 Å². The van der Waals surface area contributed by atoms with Gasteiger partial charge in [0.2, 0.25) is 0 Å². The van der Waals surface area contributed by atoms with Gasteiger partial charge in [-0.3, -0.25) is 4.79 Å². The Kier molecular flexibility index (Phi) is 1380. The van der Waals surface area contributed by atoms with Crippen LogP contribution >= 0.6 is 0 Å². The van der Waals surface area contributed by atoms with Crippen molar-refractivity contribution in [2.75, 3.05) is 7.11 Å². The van der Waals surface area contributed by atoms with E-state index in [1.807, 2.05) is 6.92 Å². The first-order valence-electron chi connectivity index (χ1n) is 2.38. The van der Waals surface area contributed by atoms with E-state index >= 15 is 0 Å². The molecule has 0 aliphatic rings. The van der Waals surface area contributed by atoms with Crippen LogP contribution in [0.15, 0.2) is 0 Å². The fraction of sp³-hybridized carbons (Fsp3) is 0.800. The summed E-state index contributed by atoms with van der Waals surface area (Å²) in [6, 6.07) is 0. The van der Waals surface area contributed by atoms with Crippen molar-refractivity contribution in [1.29, 1.82) is 0 Å².